The van der Waals surface area contributed by atoms with Crippen LogP contribution in [0.3, 0.4) is 0 Å². The summed E-state index contributed by atoms with van der Waals surface area (Å²) in [5.74, 6) is -1.68. The summed E-state index contributed by atoms with van der Waals surface area (Å²) < 4.78 is 55.9. The summed E-state index contributed by atoms with van der Waals surface area (Å²) in [6.07, 6.45) is 7.88. The second-order valence-electron chi connectivity index (χ2n) is 8.20. The number of nitrogens with one attached hydrogen (secondary N) is 1. The molecule has 1 aliphatic heterocycles. The van der Waals surface area contributed by atoms with Gasteiger partial charge >= 0.3 is 0 Å². The molecule has 2 aliphatic rings. The second kappa shape index (κ2) is 9.04. The molecule has 1 amide bonds. The maximum Gasteiger partial charge on any atom is 0.246 e. The number of nitrogens with zero attached hydrogens (tertiary/aromatic N) is 3. The number of hydrogen-bond acceptors (Lipinski definition) is 4. The van der Waals surface area contributed by atoms with Crippen molar-refractivity contribution in [2.75, 3.05) is 18.4 Å². The summed E-state index contributed by atoms with van der Waals surface area (Å²) >= 11 is 0. The first-order chi connectivity index (χ1) is 14.9. The van der Waals surface area contributed by atoms with Crippen LogP contribution in [0.25, 0.3) is 0 Å². The Hall–Kier alpha value is -2.33. The normalized spacial score (nSPS) is 19.4. The highest BCUT2D eigenvalue weighted by atomic mass is 32.2. The van der Waals surface area contributed by atoms with Gasteiger partial charge in [0.25, 0.3) is 0 Å². The van der Waals surface area contributed by atoms with Gasteiger partial charge in [-0.05, 0) is 43.9 Å². The predicted octanol–water partition coefficient (Wildman–Crippen LogP) is 3.71. The fourth-order valence-corrected chi connectivity index (χ4v) is 5.98. The highest BCUT2D eigenvalue weighted by molar-refractivity contribution is 7.89. The fraction of sp³-hybridized carbons (Fsp3) is 0.524. The van der Waals surface area contributed by atoms with Crippen LogP contribution >= 0.6 is 0 Å². The van der Waals surface area contributed by atoms with Crippen LogP contribution in [-0.2, 0) is 14.8 Å². The number of aromatic nitrogens is 2. The number of rotatable bonds is 5. The SMILES string of the molecule is O=C(Nc1ccnn1C1CCCCC1)C1CCN(S(=O)(=O)c2cc(F)ccc2F)CC1. The van der Waals surface area contributed by atoms with E-state index in [4.69, 9.17) is 0 Å². The predicted molar refractivity (Wildman–Crippen MR) is 111 cm³/mol. The zero-order valence-corrected chi connectivity index (χ0v) is 18.0. The molecular weight excluding hydrogens is 426 g/mol. The molecule has 168 valence electrons. The number of benzene rings is 1. The number of hydrogen-bond donors (Lipinski definition) is 1. The van der Waals surface area contributed by atoms with Crippen molar-refractivity contribution in [3.63, 3.8) is 0 Å². The Labute approximate surface area is 180 Å². The molecule has 1 saturated heterocycles. The third-order valence-electron chi connectivity index (χ3n) is 6.18. The molecule has 7 nitrogen and oxygen atoms in total. The smallest absolute Gasteiger partial charge is 0.246 e. The third kappa shape index (κ3) is 4.64. The van der Waals surface area contributed by atoms with Crippen molar-refractivity contribution in [1.29, 1.82) is 0 Å². The lowest BCUT2D eigenvalue weighted by Crippen LogP contribution is -2.41. The minimum atomic E-state index is -4.16. The Bertz CT molecular complexity index is 1040. The van der Waals surface area contributed by atoms with E-state index in [1.807, 2.05) is 4.68 Å². The summed E-state index contributed by atoms with van der Waals surface area (Å²) in [4.78, 5) is 12.1. The summed E-state index contributed by atoms with van der Waals surface area (Å²) in [5.41, 5.74) is 0. The van der Waals surface area contributed by atoms with Crippen molar-refractivity contribution in [1.82, 2.24) is 14.1 Å². The van der Waals surface area contributed by atoms with Crippen LogP contribution in [0.4, 0.5) is 14.6 Å². The highest BCUT2D eigenvalue weighted by Crippen LogP contribution is 2.31. The molecule has 1 aromatic carbocycles. The lowest BCUT2D eigenvalue weighted by molar-refractivity contribution is -0.121. The lowest BCUT2D eigenvalue weighted by atomic mass is 9.95. The standard InChI is InChI=1S/C21H26F2N4O3S/c22-16-6-7-18(23)19(14-16)31(29,30)26-12-9-15(10-13-26)21(28)25-20-8-11-24-27(20)17-4-2-1-3-5-17/h6-8,11,14-15,17H,1-5,9-10,12-13H2,(H,25,28). The fourth-order valence-electron chi connectivity index (χ4n) is 4.43. The summed E-state index contributed by atoms with van der Waals surface area (Å²) in [6, 6.07) is 4.43. The van der Waals surface area contributed by atoms with E-state index in [1.165, 1.54) is 6.42 Å². The average Bonchev–Trinajstić information content (AvgIpc) is 3.24. The number of piperidine rings is 1. The van der Waals surface area contributed by atoms with E-state index < -0.39 is 26.6 Å². The third-order valence-corrected chi connectivity index (χ3v) is 8.09. The molecule has 2 heterocycles. The van der Waals surface area contributed by atoms with Gasteiger partial charge in [-0.1, -0.05) is 19.3 Å². The molecule has 0 spiro atoms. The Balaban J connectivity index is 1.38. The van der Waals surface area contributed by atoms with Gasteiger partial charge in [0.05, 0.1) is 12.2 Å². The Kier molecular flexibility index (Phi) is 6.38. The van der Waals surface area contributed by atoms with E-state index in [0.717, 1.165) is 42.1 Å². The Morgan fingerprint density at radius 1 is 1.03 bits per heavy atom. The molecule has 1 saturated carbocycles. The summed E-state index contributed by atoms with van der Waals surface area (Å²) in [7, 11) is -4.16. The van der Waals surface area contributed by atoms with Crippen molar-refractivity contribution in [2.45, 2.75) is 55.9 Å². The van der Waals surface area contributed by atoms with Gasteiger partial charge in [0.1, 0.15) is 22.3 Å². The van der Waals surface area contributed by atoms with Crippen LogP contribution in [-0.4, -0.2) is 41.5 Å². The lowest BCUT2D eigenvalue weighted by Gasteiger charge is -2.31. The maximum atomic E-state index is 14.0. The number of carbonyl (C=O) groups excluding carboxylic acids is 1. The van der Waals surface area contributed by atoms with Crippen molar-refractivity contribution in [3.8, 4) is 0 Å². The van der Waals surface area contributed by atoms with Gasteiger partial charge < -0.3 is 5.32 Å². The minimum absolute atomic E-state index is 0.0677. The van der Waals surface area contributed by atoms with Crippen molar-refractivity contribution < 1.29 is 22.0 Å². The van der Waals surface area contributed by atoms with Crippen LogP contribution in [0.1, 0.15) is 51.0 Å². The summed E-state index contributed by atoms with van der Waals surface area (Å²) in [5, 5.41) is 7.32. The first-order valence-corrected chi connectivity index (χ1v) is 12.1. The molecule has 1 aliphatic carbocycles. The molecule has 4 rings (SSSR count). The molecule has 1 aromatic heterocycles. The first kappa shape index (κ1) is 21.9. The van der Waals surface area contributed by atoms with Crippen LogP contribution in [0.15, 0.2) is 35.4 Å². The molecule has 10 heteroatoms. The van der Waals surface area contributed by atoms with Gasteiger partial charge in [-0.15, -0.1) is 0 Å². The molecule has 2 fully saturated rings. The molecule has 1 N–H and O–H groups in total. The number of amides is 1. The Morgan fingerprint density at radius 2 is 1.74 bits per heavy atom. The van der Waals surface area contributed by atoms with E-state index in [-0.39, 0.29) is 31.0 Å². The van der Waals surface area contributed by atoms with E-state index in [9.17, 15) is 22.0 Å². The molecule has 0 radical (unpaired) electrons. The van der Waals surface area contributed by atoms with Crippen LogP contribution in [0.2, 0.25) is 0 Å². The quantitative estimate of drug-likeness (QED) is 0.750. The monoisotopic (exact) mass is 452 g/mol. The molecule has 2 aromatic rings. The van der Waals surface area contributed by atoms with Gasteiger partial charge in [0, 0.05) is 25.1 Å². The van der Waals surface area contributed by atoms with E-state index in [0.29, 0.717) is 24.7 Å². The molecular formula is C21H26F2N4O3S. The summed E-state index contributed by atoms with van der Waals surface area (Å²) in [6.45, 7) is 0.135. The molecule has 31 heavy (non-hydrogen) atoms. The van der Waals surface area contributed by atoms with Crippen molar-refractivity contribution in [3.05, 3.63) is 42.1 Å². The van der Waals surface area contributed by atoms with E-state index in [1.54, 1.807) is 12.3 Å². The van der Waals surface area contributed by atoms with Crippen LogP contribution < -0.4 is 5.32 Å². The molecule has 0 bridgehead atoms. The second-order valence-corrected chi connectivity index (χ2v) is 10.1. The maximum absolute atomic E-state index is 14.0. The number of carbonyl (C=O) groups is 1. The Morgan fingerprint density at radius 3 is 2.45 bits per heavy atom. The average molecular weight is 453 g/mol. The molecule has 0 unspecified atom stereocenters. The van der Waals surface area contributed by atoms with Crippen molar-refractivity contribution >= 4 is 21.7 Å². The number of halogens is 2. The van der Waals surface area contributed by atoms with Crippen LogP contribution in [0.5, 0.6) is 0 Å². The largest absolute Gasteiger partial charge is 0.311 e. The van der Waals surface area contributed by atoms with Gasteiger partial charge in [-0.2, -0.15) is 9.40 Å². The van der Waals surface area contributed by atoms with Gasteiger partial charge in [-0.3, -0.25) is 4.79 Å². The number of sulfonamides is 1. The molecule has 0 atom stereocenters. The van der Waals surface area contributed by atoms with E-state index in [2.05, 4.69) is 10.4 Å². The van der Waals surface area contributed by atoms with Gasteiger partial charge in [0.15, 0.2) is 0 Å². The van der Waals surface area contributed by atoms with Gasteiger partial charge in [0.2, 0.25) is 15.9 Å². The van der Waals surface area contributed by atoms with Gasteiger partial charge in [-0.25, -0.2) is 21.9 Å². The van der Waals surface area contributed by atoms with Crippen LogP contribution in [0, 0.1) is 17.6 Å². The highest BCUT2D eigenvalue weighted by Gasteiger charge is 2.34. The zero-order chi connectivity index (χ0) is 22.0. The first-order valence-electron chi connectivity index (χ1n) is 10.7. The van der Waals surface area contributed by atoms with E-state index >= 15 is 0 Å². The zero-order valence-electron chi connectivity index (χ0n) is 17.1. The topological polar surface area (TPSA) is 84.3 Å². The van der Waals surface area contributed by atoms with Crippen molar-refractivity contribution in [2.24, 2.45) is 5.92 Å². The number of anilines is 1. The minimum Gasteiger partial charge on any atom is -0.311 e.